The molecule has 0 aromatic heterocycles. The molecular weight excluding hydrogens is 364 g/mol. The van der Waals surface area contributed by atoms with Gasteiger partial charge >= 0.3 is 0 Å². The van der Waals surface area contributed by atoms with Crippen molar-refractivity contribution in [1.82, 2.24) is 0 Å². The van der Waals surface area contributed by atoms with Gasteiger partial charge in [-0.1, -0.05) is 51.5 Å². The highest BCUT2D eigenvalue weighted by atomic mass is 16.5. The molecule has 154 valence electrons. The summed E-state index contributed by atoms with van der Waals surface area (Å²) in [6, 6.07) is 13.3. The van der Waals surface area contributed by atoms with E-state index in [1.165, 1.54) is 18.7 Å². The molecule has 29 heavy (non-hydrogen) atoms. The maximum Gasteiger partial charge on any atom is 0.248 e. The van der Waals surface area contributed by atoms with Gasteiger partial charge in [0.1, 0.15) is 5.75 Å². The molecule has 0 fully saturated rings. The number of unbranched alkanes of at least 4 members (excludes halogenated alkanes) is 1. The zero-order valence-electron chi connectivity index (χ0n) is 17.6. The number of rotatable bonds is 9. The van der Waals surface area contributed by atoms with Crippen molar-refractivity contribution in [2.24, 2.45) is 0 Å². The number of hydrogen-bond acceptors (Lipinski definition) is 3. The first kappa shape index (κ1) is 22.2. The molecule has 0 saturated heterocycles. The summed E-state index contributed by atoms with van der Waals surface area (Å²) in [6.45, 7) is 6.34. The van der Waals surface area contributed by atoms with Crippen LogP contribution in [0.2, 0.25) is 0 Å². The number of hydrogen-bond donors (Lipinski definition) is 2. The summed E-state index contributed by atoms with van der Waals surface area (Å²) in [5.74, 6) is 0.694. The van der Waals surface area contributed by atoms with E-state index in [1.807, 2.05) is 19.1 Å². The van der Waals surface area contributed by atoms with E-state index in [0.717, 1.165) is 18.4 Å². The second-order valence-electron chi connectivity index (χ2n) is 7.21. The average molecular weight is 395 g/mol. The largest absolute Gasteiger partial charge is 0.494 e. The predicted molar refractivity (Wildman–Crippen MR) is 119 cm³/mol. The van der Waals surface area contributed by atoms with Crippen molar-refractivity contribution in [3.05, 3.63) is 59.7 Å². The van der Waals surface area contributed by atoms with Gasteiger partial charge in [-0.05, 0) is 41.7 Å². The Balaban J connectivity index is 1.99. The lowest BCUT2D eigenvalue weighted by Crippen LogP contribution is -2.12. The Bertz CT molecular complexity index is 855. The number of nitrogens with one attached hydrogen (secondary N) is 2. The SMILES string of the molecule is CCCCC(=O)Nc1ccc(NC(=O)C=Cc2ccc(C(C)C)cc2)cc1OC. The van der Waals surface area contributed by atoms with Crippen LogP contribution in [0, 0.1) is 0 Å². The lowest BCUT2D eigenvalue weighted by molar-refractivity contribution is -0.116. The maximum absolute atomic E-state index is 12.2. The summed E-state index contributed by atoms with van der Waals surface area (Å²) in [6.07, 6.45) is 5.55. The molecule has 0 aliphatic carbocycles. The number of carbonyl (C=O) groups is 2. The zero-order chi connectivity index (χ0) is 21.2. The maximum atomic E-state index is 12.2. The van der Waals surface area contributed by atoms with E-state index in [0.29, 0.717) is 29.5 Å². The molecule has 0 spiro atoms. The molecule has 5 heteroatoms. The average Bonchev–Trinajstić information content (AvgIpc) is 2.72. The van der Waals surface area contributed by atoms with Gasteiger partial charge in [0.15, 0.2) is 0 Å². The predicted octanol–water partition coefficient (Wildman–Crippen LogP) is 5.60. The first-order chi connectivity index (χ1) is 13.9. The van der Waals surface area contributed by atoms with Crippen LogP contribution in [0.4, 0.5) is 11.4 Å². The molecule has 0 aliphatic rings. The van der Waals surface area contributed by atoms with E-state index in [9.17, 15) is 9.59 Å². The Morgan fingerprint density at radius 2 is 1.79 bits per heavy atom. The third-order valence-corrected chi connectivity index (χ3v) is 4.53. The number of amides is 2. The lowest BCUT2D eigenvalue weighted by Gasteiger charge is -2.12. The van der Waals surface area contributed by atoms with Crippen molar-refractivity contribution in [3.8, 4) is 5.75 Å². The molecule has 0 radical (unpaired) electrons. The minimum absolute atomic E-state index is 0.0478. The third kappa shape index (κ3) is 7.11. The van der Waals surface area contributed by atoms with Crippen molar-refractivity contribution in [2.75, 3.05) is 17.7 Å². The molecular formula is C24H30N2O3. The summed E-state index contributed by atoms with van der Waals surface area (Å²) in [4.78, 5) is 24.2. The van der Waals surface area contributed by atoms with Crippen molar-refractivity contribution < 1.29 is 14.3 Å². The molecule has 0 atom stereocenters. The number of benzene rings is 2. The minimum Gasteiger partial charge on any atom is -0.494 e. The summed E-state index contributed by atoms with van der Waals surface area (Å²) in [5, 5.41) is 5.66. The monoisotopic (exact) mass is 394 g/mol. The highest BCUT2D eigenvalue weighted by Gasteiger charge is 2.09. The van der Waals surface area contributed by atoms with Crippen LogP contribution in [0.25, 0.3) is 6.08 Å². The molecule has 0 heterocycles. The van der Waals surface area contributed by atoms with Crippen LogP contribution in [-0.4, -0.2) is 18.9 Å². The molecule has 0 bridgehead atoms. The highest BCUT2D eigenvalue weighted by molar-refractivity contribution is 6.02. The Labute approximate surface area is 173 Å². The molecule has 2 amide bonds. The Kier molecular flexibility index (Phi) is 8.46. The van der Waals surface area contributed by atoms with Crippen molar-refractivity contribution in [1.29, 1.82) is 0 Å². The fraction of sp³-hybridized carbons (Fsp3) is 0.333. The van der Waals surface area contributed by atoms with Gasteiger partial charge in [0, 0.05) is 24.3 Å². The van der Waals surface area contributed by atoms with Crippen molar-refractivity contribution in [2.45, 2.75) is 46.0 Å². The topological polar surface area (TPSA) is 67.4 Å². The Hall–Kier alpha value is -3.08. The van der Waals surface area contributed by atoms with Gasteiger partial charge in [-0.2, -0.15) is 0 Å². The molecule has 2 rings (SSSR count). The van der Waals surface area contributed by atoms with Gasteiger partial charge < -0.3 is 15.4 Å². The first-order valence-electron chi connectivity index (χ1n) is 9.99. The van der Waals surface area contributed by atoms with Crippen LogP contribution in [-0.2, 0) is 9.59 Å². The number of ether oxygens (including phenoxy) is 1. The van der Waals surface area contributed by atoms with Gasteiger partial charge in [0.05, 0.1) is 12.8 Å². The molecule has 5 nitrogen and oxygen atoms in total. The third-order valence-electron chi connectivity index (χ3n) is 4.53. The van der Waals surface area contributed by atoms with Crippen LogP contribution in [0.1, 0.15) is 57.1 Å². The van der Waals surface area contributed by atoms with Crippen molar-refractivity contribution >= 4 is 29.3 Å². The van der Waals surface area contributed by atoms with Crippen molar-refractivity contribution in [3.63, 3.8) is 0 Å². The number of anilines is 2. The summed E-state index contributed by atoms with van der Waals surface area (Å²) < 4.78 is 5.35. The van der Waals surface area contributed by atoms with Gasteiger partial charge in [-0.25, -0.2) is 0 Å². The van der Waals surface area contributed by atoms with E-state index in [2.05, 4.69) is 36.6 Å². The van der Waals surface area contributed by atoms with Gasteiger partial charge in [0.2, 0.25) is 11.8 Å². The Morgan fingerprint density at radius 1 is 1.07 bits per heavy atom. The summed E-state index contributed by atoms with van der Waals surface area (Å²) in [7, 11) is 1.53. The number of carbonyl (C=O) groups excluding carboxylic acids is 2. The van der Waals surface area contributed by atoms with Gasteiger partial charge in [0.25, 0.3) is 0 Å². The van der Waals surface area contributed by atoms with E-state index < -0.39 is 0 Å². The quantitative estimate of drug-likeness (QED) is 0.544. The van der Waals surface area contributed by atoms with E-state index >= 15 is 0 Å². The summed E-state index contributed by atoms with van der Waals surface area (Å²) >= 11 is 0. The highest BCUT2D eigenvalue weighted by Crippen LogP contribution is 2.28. The zero-order valence-corrected chi connectivity index (χ0v) is 17.6. The smallest absolute Gasteiger partial charge is 0.248 e. The minimum atomic E-state index is -0.236. The van der Waals surface area contributed by atoms with Gasteiger partial charge in [-0.15, -0.1) is 0 Å². The van der Waals surface area contributed by atoms with Crippen LogP contribution in [0.5, 0.6) is 5.75 Å². The normalized spacial score (nSPS) is 10.9. The van der Waals surface area contributed by atoms with E-state index in [-0.39, 0.29) is 11.8 Å². The lowest BCUT2D eigenvalue weighted by atomic mass is 10.0. The molecule has 2 aromatic carbocycles. The van der Waals surface area contributed by atoms with Crippen LogP contribution >= 0.6 is 0 Å². The first-order valence-corrected chi connectivity index (χ1v) is 9.99. The molecule has 2 aromatic rings. The standard InChI is InChI=1S/C24H30N2O3/c1-5-6-7-23(27)26-21-14-13-20(16-22(21)29-4)25-24(28)15-10-18-8-11-19(12-9-18)17(2)3/h8-17H,5-7H2,1-4H3,(H,25,28)(H,26,27). The Morgan fingerprint density at radius 3 is 2.41 bits per heavy atom. The molecule has 0 unspecified atom stereocenters. The second-order valence-corrected chi connectivity index (χ2v) is 7.21. The molecule has 0 saturated carbocycles. The molecule has 0 aliphatic heterocycles. The van der Waals surface area contributed by atoms with Crippen LogP contribution in [0.3, 0.4) is 0 Å². The number of methoxy groups -OCH3 is 1. The van der Waals surface area contributed by atoms with E-state index in [1.54, 1.807) is 24.3 Å². The van der Waals surface area contributed by atoms with Crippen LogP contribution < -0.4 is 15.4 Å². The molecule has 2 N–H and O–H groups in total. The fourth-order valence-corrected chi connectivity index (χ4v) is 2.77. The van der Waals surface area contributed by atoms with E-state index in [4.69, 9.17) is 4.74 Å². The van der Waals surface area contributed by atoms with Gasteiger partial charge in [-0.3, -0.25) is 9.59 Å². The second kappa shape index (κ2) is 11.1. The van der Waals surface area contributed by atoms with Crippen LogP contribution in [0.15, 0.2) is 48.5 Å². The summed E-state index contributed by atoms with van der Waals surface area (Å²) in [5.41, 5.74) is 3.42. The fourth-order valence-electron chi connectivity index (χ4n) is 2.77.